The number of hydrogen-bond acceptors (Lipinski definition) is 1. The monoisotopic (exact) mass is 238 g/mol. The molecule has 1 aromatic rings. The summed E-state index contributed by atoms with van der Waals surface area (Å²) < 4.78 is 37.0. The third-order valence-corrected chi connectivity index (χ3v) is 1.98. The average Bonchev–Trinajstić information content (AvgIpc) is 2.15. The quantitative estimate of drug-likeness (QED) is 0.752. The molecule has 0 saturated heterocycles. The number of anilines is 1. The second kappa shape index (κ2) is 3.98. The van der Waals surface area contributed by atoms with E-state index in [2.05, 4.69) is 0 Å². The fourth-order valence-corrected chi connectivity index (χ4v) is 1.02. The van der Waals surface area contributed by atoms with E-state index in [1.54, 1.807) is 0 Å². The summed E-state index contributed by atoms with van der Waals surface area (Å²) in [5, 5.41) is 0. The lowest BCUT2D eigenvalue weighted by molar-refractivity contribution is -0.137. The molecule has 0 heterocycles. The van der Waals surface area contributed by atoms with Gasteiger partial charge < -0.3 is 5.73 Å². The number of urea groups is 1. The van der Waals surface area contributed by atoms with E-state index in [0.29, 0.717) is 4.42 Å². The van der Waals surface area contributed by atoms with E-state index in [1.807, 2.05) is 0 Å². The number of amides is 2. The Morgan fingerprint density at radius 1 is 1.27 bits per heavy atom. The lowest BCUT2D eigenvalue weighted by Crippen LogP contribution is -2.27. The minimum atomic E-state index is -4.41. The molecule has 7 heteroatoms. The molecule has 0 atom stereocenters. The molecule has 1 rings (SSSR count). The standard InChI is InChI=1S/C8H6ClF3N2O/c9-14(7(13)15)6-3-1-5(2-4-6)8(10,11)12/h1-4H,(H2,13,15). The molecule has 0 unspecified atom stereocenters. The first-order valence-corrected chi connectivity index (χ1v) is 4.09. The second-order valence-electron chi connectivity index (χ2n) is 2.66. The zero-order valence-corrected chi connectivity index (χ0v) is 8.01. The fourth-order valence-electron chi connectivity index (χ4n) is 0.909. The largest absolute Gasteiger partial charge is 0.416 e. The number of nitrogens with two attached hydrogens (primary N) is 1. The summed E-state index contributed by atoms with van der Waals surface area (Å²) in [5.74, 6) is 0. The van der Waals surface area contributed by atoms with Gasteiger partial charge >= 0.3 is 12.2 Å². The Morgan fingerprint density at radius 3 is 2.07 bits per heavy atom. The molecule has 0 aromatic heterocycles. The van der Waals surface area contributed by atoms with E-state index in [9.17, 15) is 18.0 Å². The Hall–Kier alpha value is -1.43. The summed E-state index contributed by atoms with van der Waals surface area (Å²) in [6.07, 6.45) is -4.41. The van der Waals surface area contributed by atoms with Crippen molar-refractivity contribution in [1.29, 1.82) is 0 Å². The van der Waals surface area contributed by atoms with Gasteiger partial charge in [-0.05, 0) is 24.3 Å². The predicted molar refractivity (Wildman–Crippen MR) is 49.4 cm³/mol. The molecule has 1 aromatic carbocycles. The fraction of sp³-hybridized carbons (Fsp3) is 0.125. The molecule has 0 bridgehead atoms. The van der Waals surface area contributed by atoms with Gasteiger partial charge in [0.25, 0.3) is 0 Å². The third-order valence-electron chi connectivity index (χ3n) is 1.61. The van der Waals surface area contributed by atoms with Crippen molar-refractivity contribution in [1.82, 2.24) is 0 Å². The Kier molecular flexibility index (Phi) is 3.09. The van der Waals surface area contributed by atoms with Crippen molar-refractivity contribution in [3.05, 3.63) is 29.8 Å². The maximum atomic E-state index is 12.1. The Bertz CT molecular complexity index is 363. The van der Waals surface area contributed by atoms with Crippen molar-refractivity contribution in [2.45, 2.75) is 6.18 Å². The van der Waals surface area contributed by atoms with Crippen LogP contribution in [0.3, 0.4) is 0 Å². The highest BCUT2D eigenvalue weighted by Gasteiger charge is 2.30. The van der Waals surface area contributed by atoms with Crippen molar-refractivity contribution >= 4 is 23.5 Å². The van der Waals surface area contributed by atoms with Crippen LogP contribution in [0.25, 0.3) is 0 Å². The number of nitrogens with zero attached hydrogens (tertiary/aromatic N) is 1. The molecular weight excluding hydrogens is 233 g/mol. The first-order valence-electron chi connectivity index (χ1n) is 3.75. The highest BCUT2D eigenvalue weighted by molar-refractivity contribution is 6.36. The van der Waals surface area contributed by atoms with Crippen LogP contribution >= 0.6 is 11.8 Å². The minimum absolute atomic E-state index is 0.0807. The Labute approximate surface area is 88.3 Å². The summed E-state index contributed by atoms with van der Waals surface area (Å²) in [6, 6.07) is 2.78. The molecule has 0 aliphatic heterocycles. The van der Waals surface area contributed by atoms with Crippen LogP contribution in [0.4, 0.5) is 23.7 Å². The van der Waals surface area contributed by atoms with Gasteiger partial charge in [-0.2, -0.15) is 13.2 Å². The van der Waals surface area contributed by atoms with Crippen molar-refractivity contribution in [2.75, 3.05) is 4.42 Å². The summed E-state index contributed by atoms with van der Waals surface area (Å²) in [6.45, 7) is 0. The topological polar surface area (TPSA) is 46.3 Å². The number of halogens is 4. The van der Waals surface area contributed by atoms with Crippen LogP contribution in [0.2, 0.25) is 0 Å². The van der Waals surface area contributed by atoms with E-state index < -0.39 is 17.8 Å². The SMILES string of the molecule is NC(=O)N(Cl)c1ccc(C(F)(F)F)cc1. The van der Waals surface area contributed by atoms with Crippen LogP contribution in [0.15, 0.2) is 24.3 Å². The maximum absolute atomic E-state index is 12.1. The summed E-state index contributed by atoms with van der Waals surface area (Å²) in [4.78, 5) is 10.6. The number of carbonyl (C=O) groups excluding carboxylic acids is 1. The number of benzene rings is 1. The van der Waals surface area contributed by atoms with Crippen molar-refractivity contribution < 1.29 is 18.0 Å². The number of primary amides is 1. The Balaban J connectivity index is 2.95. The normalized spacial score (nSPS) is 11.2. The number of rotatable bonds is 1. The molecular formula is C8H6ClF3N2O. The molecule has 15 heavy (non-hydrogen) atoms. The second-order valence-corrected chi connectivity index (χ2v) is 3.00. The number of carbonyl (C=O) groups is 1. The minimum Gasteiger partial charge on any atom is -0.350 e. The summed E-state index contributed by atoms with van der Waals surface area (Å²) >= 11 is 5.39. The van der Waals surface area contributed by atoms with Gasteiger partial charge in [0, 0.05) is 11.8 Å². The molecule has 0 saturated carbocycles. The molecule has 82 valence electrons. The van der Waals surface area contributed by atoms with Gasteiger partial charge in [-0.15, -0.1) is 0 Å². The van der Waals surface area contributed by atoms with Crippen LogP contribution in [0.5, 0.6) is 0 Å². The van der Waals surface area contributed by atoms with Crippen molar-refractivity contribution in [3.8, 4) is 0 Å². The highest BCUT2D eigenvalue weighted by Crippen LogP contribution is 2.30. The van der Waals surface area contributed by atoms with E-state index in [-0.39, 0.29) is 5.69 Å². The predicted octanol–water partition coefficient (Wildman–Crippen LogP) is 2.74. The van der Waals surface area contributed by atoms with Crippen LogP contribution in [0, 0.1) is 0 Å². The number of alkyl halides is 3. The molecule has 2 amide bonds. The third kappa shape index (κ3) is 2.76. The summed E-state index contributed by atoms with van der Waals surface area (Å²) in [7, 11) is 0. The van der Waals surface area contributed by atoms with Crippen molar-refractivity contribution in [3.63, 3.8) is 0 Å². The highest BCUT2D eigenvalue weighted by atomic mass is 35.5. The van der Waals surface area contributed by atoms with Gasteiger partial charge in [0.15, 0.2) is 0 Å². The van der Waals surface area contributed by atoms with Crippen LogP contribution < -0.4 is 10.2 Å². The Morgan fingerprint density at radius 2 is 1.73 bits per heavy atom. The molecule has 3 nitrogen and oxygen atoms in total. The smallest absolute Gasteiger partial charge is 0.350 e. The molecule has 0 radical (unpaired) electrons. The molecule has 0 aliphatic rings. The van der Waals surface area contributed by atoms with Gasteiger partial charge in [0.05, 0.1) is 11.3 Å². The molecule has 0 fully saturated rings. The van der Waals surface area contributed by atoms with Gasteiger partial charge in [0.1, 0.15) is 0 Å². The lowest BCUT2D eigenvalue weighted by Gasteiger charge is -2.12. The number of hydrogen-bond donors (Lipinski definition) is 1. The van der Waals surface area contributed by atoms with Gasteiger partial charge in [-0.1, -0.05) is 0 Å². The van der Waals surface area contributed by atoms with Crippen molar-refractivity contribution in [2.24, 2.45) is 5.73 Å². The van der Waals surface area contributed by atoms with Crippen LogP contribution in [-0.4, -0.2) is 6.03 Å². The summed E-state index contributed by atoms with van der Waals surface area (Å²) in [5.41, 5.74) is 4.09. The van der Waals surface area contributed by atoms with Gasteiger partial charge in [-0.3, -0.25) is 0 Å². The zero-order valence-electron chi connectivity index (χ0n) is 7.25. The van der Waals surface area contributed by atoms with Gasteiger partial charge in [-0.25, -0.2) is 9.21 Å². The maximum Gasteiger partial charge on any atom is 0.416 e. The molecule has 0 aliphatic carbocycles. The zero-order chi connectivity index (χ0) is 11.6. The van der Waals surface area contributed by atoms with Crippen LogP contribution in [0.1, 0.15) is 5.56 Å². The van der Waals surface area contributed by atoms with E-state index in [1.165, 1.54) is 0 Å². The molecule has 2 N–H and O–H groups in total. The van der Waals surface area contributed by atoms with Gasteiger partial charge in [0.2, 0.25) is 0 Å². The first-order chi connectivity index (χ1) is 6.82. The lowest BCUT2D eigenvalue weighted by atomic mass is 10.2. The van der Waals surface area contributed by atoms with E-state index >= 15 is 0 Å². The molecule has 0 spiro atoms. The van der Waals surface area contributed by atoms with E-state index in [4.69, 9.17) is 17.5 Å². The van der Waals surface area contributed by atoms with Crippen LogP contribution in [-0.2, 0) is 6.18 Å². The first kappa shape index (κ1) is 11.6. The average molecular weight is 239 g/mol. The van der Waals surface area contributed by atoms with E-state index in [0.717, 1.165) is 24.3 Å².